The third kappa shape index (κ3) is 4.72. The Labute approximate surface area is 144 Å². The Balaban J connectivity index is 0.00000288. The molecule has 0 saturated heterocycles. The van der Waals surface area contributed by atoms with Crippen molar-refractivity contribution in [3.05, 3.63) is 53.6 Å². The molecule has 0 spiro atoms. The number of hydrogen-bond donors (Lipinski definition) is 3. The van der Waals surface area contributed by atoms with Crippen LogP contribution >= 0.6 is 12.4 Å². The van der Waals surface area contributed by atoms with Gasteiger partial charge in [0.1, 0.15) is 5.75 Å². The second kappa shape index (κ2) is 8.54. The number of aromatic hydroxyl groups is 1. The van der Waals surface area contributed by atoms with Gasteiger partial charge in [-0.1, -0.05) is 18.2 Å². The largest absolute Gasteiger partial charge is 0.507 e. The first-order chi connectivity index (χ1) is 11.0. The van der Waals surface area contributed by atoms with E-state index in [1.807, 2.05) is 11.5 Å². The van der Waals surface area contributed by atoms with Crippen LogP contribution in [-0.4, -0.2) is 30.4 Å². The number of nitrogens with one attached hydrogen (secondary N) is 1. The van der Waals surface area contributed by atoms with Crippen molar-refractivity contribution in [1.29, 1.82) is 0 Å². The molecule has 0 aliphatic heterocycles. The van der Waals surface area contributed by atoms with Gasteiger partial charge in [0.05, 0.1) is 18.9 Å². The zero-order valence-corrected chi connectivity index (χ0v) is 13.5. The summed E-state index contributed by atoms with van der Waals surface area (Å²) in [4.78, 5) is 22.2. The summed E-state index contributed by atoms with van der Waals surface area (Å²) in [7, 11) is 1.32. The second-order valence-electron chi connectivity index (χ2n) is 4.58. The smallest absolute Gasteiger partial charge is 0.337 e. The molecule has 2 aromatic carbocycles. The van der Waals surface area contributed by atoms with Gasteiger partial charge in [-0.3, -0.25) is 0 Å². The molecule has 7 nitrogen and oxygen atoms in total. The molecular weight excluding hydrogens is 334 g/mol. The van der Waals surface area contributed by atoms with Gasteiger partial charge >= 0.3 is 12.0 Å². The predicted octanol–water partition coefficient (Wildman–Crippen LogP) is 2.27. The average Bonchev–Trinajstić information content (AvgIpc) is 2.55. The number of urea groups is 1. The number of primary amides is 1. The molecule has 0 bridgehead atoms. The fourth-order valence-electron chi connectivity index (χ4n) is 1.95. The van der Waals surface area contributed by atoms with Crippen LogP contribution in [0.15, 0.2) is 47.6 Å². The lowest BCUT2D eigenvalue weighted by molar-refractivity contribution is 0.0600. The van der Waals surface area contributed by atoms with Crippen molar-refractivity contribution in [2.24, 2.45) is 10.8 Å². The zero-order valence-electron chi connectivity index (χ0n) is 12.7. The molecule has 2 rings (SSSR count). The molecule has 2 amide bonds. The highest BCUT2D eigenvalue weighted by atomic mass is 35.5. The number of halogens is 1. The van der Waals surface area contributed by atoms with Crippen LogP contribution in [0.4, 0.5) is 4.79 Å². The average molecular weight is 350 g/mol. The van der Waals surface area contributed by atoms with E-state index in [4.69, 9.17) is 10.5 Å². The molecule has 24 heavy (non-hydrogen) atoms. The summed E-state index contributed by atoms with van der Waals surface area (Å²) in [6.07, 6.45) is 1.27. The summed E-state index contributed by atoms with van der Waals surface area (Å²) >= 11 is 0. The predicted molar refractivity (Wildman–Crippen MR) is 92.4 cm³/mol. The first-order valence-electron chi connectivity index (χ1n) is 6.61. The van der Waals surface area contributed by atoms with Gasteiger partial charge in [0.25, 0.3) is 0 Å². The normalized spacial score (nSPS) is 10.0. The number of phenols is 1. The van der Waals surface area contributed by atoms with Gasteiger partial charge in [0.2, 0.25) is 0 Å². The van der Waals surface area contributed by atoms with Crippen LogP contribution in [0, 0.1) is 0 Å². The molecule has 2 aromatic rings. The minimum absolute atomic E-state index is 0. The Bertz CT molecular complexity index is 778. The number of ether oxygens (including phenoxy) is 1. The lowest BCUT2D eigenvalue weighted by atomic mass is 10.0. The summed E-state index contributed by atoms with van der Waals surface area (Å²) < 4.78 is 4.69. The number of carbonyl (C=O) groups is 2. The molecule has 0 radical (unpaired) electrons. The van der Waals surface area contributed by atoms with Crippen molar-refractivity contribution in [3.8, 4) is 16.9 Å². The maximum atomic E-state index is 11.6. The van der Waals surface area contributed by atoms with E-state index in [1.165, 1.54) is 19.4 Å². The number of benzene rings is 2. The molecule has 0 heterocycles. The summed E-state index contributed by atoms with van der Waals surface area (Å²) in [6.45, 7) is 0. The SMILES string of the molecule is COC(=O)c1cccc(-c2ccc(O)c(/C=N/NC(N)=O)c2)c1.Cl. The highest BCUT2D eigenvalue weighted by Gasteiger charge is 2.08. The van der Waals surface area contributed by atoms with Crippen molar-refractivity contribution in [2.45, 2.75) is 0 Å². The van der Waals surface area contributed by atoms with Crippen molar-refractivity contribution < 1.29 is 19.4 Å². The Morgan fingerprint density at radius 3 is 2.58 bits per heavy atom. The topological polar surface area (TPSA) is 114 Å². The van der Waals surface area contributed by atoms with E-state index in [1.54, 1.807) is 30.3 Å². The van der Waals surface area contributed by atoms with E-state index in [2.05, 4.69) is 5.10 Å². The van der Waals surface area contributed by atoms with Crippen LogP contribution in [0.2, 0.25) is 0 Å². The quantitative estimate of drug-likeness (QED) is 0.446. The molecule has 8 heteroatoms. The van der Waals surface area contributed by atoms with Gasteiger partial charge in [-0.25, -0.2) is 15.0 Å². The van der Waals surface area contributed by atoms with E-state index in [0.717, 1.165) is 11.1 Å². The summed E-state index contributed by atoms with van der Waals surface area (Å²) in [6, 6.07) is 10.9. The molecule has 0 fully saturated rings. The van der Waals surface area contributed by atoms with E-state index in [9.17, 15) is 14.7 Å². The van der Waals surface area contributed by atoms with Gasteiger partial charge in [-0.15, -0.1) is 12.4 Å². The van der Waals surface area contributed by atoms with E-state index >= 15 is 0 Å². The monoisotopic (exact) mass is 349 g/mol. The number of phenolic OH excluding ortho intramolecular Hbond substituents is 1. The molecule has 0 aliphatic carbocycles. The Morgan fingerprint density at radius 2 is 1.92 bits per heavy atom. The first kappa shape index (κ1) is 19.0. The third-order valence-electron chi connectivity index (χ3n) is 3.02. The fourth-order valence-corrected chi connectivity index (χ4v) is 1.95. The lowest BCUT2D eigenvalue weighted by Crippen LogP contribution is -2.24. The number of hydrazone groups is 1. The minimum Gasteiger partial charge on any atom is -0.507 e. The summed E-state index contributed by atoms with van der Waals surface area (Å²) in [5, 5.41) is 13.4. The van der Waals surface area contributed by atoms with Crippen LogP contribution in [0.3, 0.4) is 0 Å². The van der Waals surface area contributed by atoms with Gasteiger partial charge in [-0.05, 0) is 35.4 Å². The number of rotatable bonds is 4. The van der Waals surface area contributed by atoms with Gasteiger partial charge in [0.15, 0.2) is 0 Å². The second-order valence-corrected chi connectivity index (χ2v) is 4.58. The maximum Gasteiger partial charge on any atom is 0.337 e. The number of nitrogens with zero attached hydrogens (tertiary/aromatic N) is 1. The van der Waals surface area contributed by atoms with E-state index < -0.39 is 12.0 Å². The number of nitrogens with two attached hydrogens (primary N) is 1. The van der Waals surface area contributed by atoms with E-state index in [0.29, 0.717) is 11.1 Å². The standard InChI is InChI=1S/C16H15N3O4.ClH/c1-23-15(21)12-4-2-3-10(7-12)11-5-6-14(20)13(8-11)9-18-19-16(17)22;/h2-9,20H,1H3,(H3,17,19,22);1H/b18-9+;. The van der Waals surface area contributed by atoms with Gasteiger partial charge < -0.3 is 15.6 Å². The van der Waals surface area contributed by atoms with Gasteiger partial charge in [0, 0.05) is 5.56 Å². The van der Waals surface area contributed by atoms with Crippen molar-refractivity contribution in [2.75, 3.05) is 7.11 Å². The van der Waals surface area contributed by atoms with E-state index in [-0.39, 0.29) is 18.2 Å². The molecule has 0 saturated carbocycles. The highest BCUT2D eigenvalue weighted by molar-refractivity contribution is 5.92. The molecule has 0 aromatic heterocycles. The maximum absolute atomic E-state index is 11.6. The Morgan fingerprint density at radius 1 is 1.21 bits per heavy atom. The number of esters is 1. The number of methoxy groups -OCH3 is 1. The molecule has 0 atom stereocenters. The molecule has 0 unspecified atom stereocenters. The van der Waals surface area contributed by atoms with Crippen molar-refractivity contribution in [1.82, 2.24) is 5.43 Å². The van der Waals surface area contributed by atoms with Crippen LogP contribution in [0.1, 0.15) is 15.9 Å². The Kier molecular flexibility index (Phi) is 6.76. The molecular formula is C16H16ClN3O4. The van der Waals surface area contributed by atoms with Crippen LogP contribution in [0.5, 0.6) is 5.75 Å². The number of hydrogen-bond acceptors (Lipinski definition) is 5. The van der Waals surface area contributed by atoms with Gasteiger partial charge in [-0.2, -0.15) is 5.10 Å². The minimum atomic E-state index is -0.803. The lowest BCUT2D eigenvalue weighted by Gasteiger charge is -2.07. The summed E-state index contributed by atoms with van der Waals surface area (Å²) in [5.74, 6) is -0.439. The van der Waals surface area contributed by atoms with Crippen LogP contribution < -0.4 is 11.2 Å². The van der Waals surface area contributed by atoms with Crippen molar-refractivity contribution >= 4 is 30.6 Å². The number of amides is 2. The van der Waals surface area contributed by atoms with Crippen LogP contribution in [-0.2, 0) is 4.74 Å². The highest BCUT2D eigenvalue weighted by Crippen LogP contribution is 2.26. The number of carbonyl (C=O) groups excluding carboxylic acids is 2. The molecule has 126 valence electrons. The van der Waals surface area contributed by atoms with Crippen molar-refractivity contribution in [3.63, 3.8) is 0 Å². The summed E-state index contributed by atoms with van der Waals surface area (Å²) in [5.41, 5.74) is 9.29. The van der Waals surface area contributed by atoms with Crippen LogP contribution in [0.25, 0.3) is 11.1 Å². The third-order valence-corrected chi connectivity index (χ3v) is 3.02. The first-order valence-corrected chi connectivity index (χ1v) is 6.61. The molecule has 0 aliphatic rings. The fraction of sp³-hybridized carbons (Fsp3) is 0.0625. The zero-order chi connectivity index (χ0) is 16.8. The molecule has 4 N–H and O–H groups in total. The Hall–Kier alpha value is -3.06.